The summed E-state index contributed by atoms with van der Waals surface area (Å²) in [6.07, 6.45) is 2.60. The lowest BCUT2D eigenvalue weighted by Gasteiger charge is -2.12. The number of carboxylic acids is 1. The van der Waals surface area contributed by atoms with Gasteiger partial charge in [0.05, 0.1) is 90.7 Å². The van der Waals surface area contributed by atoms with Gasteiger partial charge in [-0.3, -0.25) is 29.1 Å². The molecule has 0 unspecified atom stereocenters. The maximum Gasteiger partial charge on any atom is 0.311 e. The molecule has 20 heteroatoms. The molecule has 0 aliphatic carbocycles. The van der Waals surface area contributed by atoms with Gasteiger partial charge in [0.2, 0.25) is 0 Å². The molecular formula is C41H34F4N10O6. The number of ether oxygens (including phenoxy) is 1. The number of esters is 1. The van der Waals surface area contributed by atoms with Crippen LogP contribution in [0.3, 0.4) is 0 Å². The molecule has 0 spiro atoms. The van der Waals surface area contributed by atoms with Crippen molar-refractivity contribution in [1.82, 2.24) is 40.5 Å². The van der Waals surface area contributed by atoms with Crippen LogP contribution in [-0.2, 0) is 40.3 Å². The Labute approximate surface area is 343 Å². The number of fused-ring (bicyclic) bond motifs is 2. The van der Waals surface area contributed by atoms with Gasteiger partial charge in [-0.15, -0.1) is 0 Å². The number of aromatic nitrogens is 6. The Balaban J connectivity index is 0.000000196. The average molecular weight is 839 g/mol. The Kier molecular flexibility index (Phi) is 13.1. The zero-order valence-corrected chi connectivity index (χ0v) is 32.4. The summed E-state index contributed by atoms with van der Waals surface area (Å²) >= 11 is 0. The van der Waals surface area contributed by atoms with Crippen molar-refractivity contribution in [3.8, 4) is 22.8 Å². The number of aliphatic carboxylic acids is 1. The molecule has 2 aliphatic rings. The SMILES string of the molecule is CC.COC(=O)Cc1ccc(Nc2nc(-c3c(F)cccc3F)nc3c2C(=O)NC3)cn1.O=C(O)Cc1ccc(Nc2nc(-c3c(F)cccc3F)nc3c2C(=O)NC3)cn1. The molecule has 4 aromatic heterocycles. The second kappa shape index (κ2) is 18.8. The zero-order chi connectivity index (χ0) is 43.8. The number of amides is 2. The standard InChI is InChI=1S/C20H15F2N5O3.C19H13F2N5O3.C2H6/c1-30-15(28)7-10-5-6-11(8-23-10)25-19-17-14(9-24-20(17)29)26-18(27-19)16-12(21)3-2-4-13(16)22;20-11-2-1-3-12(21)15(11)17-25-13-8-23-19(29)16(13)18(26-17)24-10-5-4-9(22-7-10)6-14(27)28;1-2/h2-6,8H,7,9H2,1H3,(H,24,29)(H,25,26,27);1-5,7H,6,8H2,(H,23,29)(H,27,28)(H,24,25,26);1-2H3. The highest BCUT2D eigenvalue weighted by Gasteiger charge is 2.30. The Morgan fingerprint density at radius 2 is 1.05 bits per heavy atom. The molecule has 8 rings (SSSR count). The molecule has 0 saturated carbocycles. The summed E-state index contributed by atoms with van der Waals surface area (Å²) in [5, 5.41) is 19.9. The van der Waals surface area contributed by atoms with Gasteiger partial charge in [-0.05, 0) is 48.5 Å². The van der Waals surface area contributed by atoms with E-state index in [1.807, 2.05) is 13.8 Å². The fraction of sp³-hybridized carbons (Fsp3) is 0.171. The quantitative estimate of drug-likeness (QED) is 0.0792. The average Bonchev–Trinajstić information content (AvgIpc) is 3.81. The second-order valence-electron chi connectivity index (χ2n) is 12.6. The molecular weight excluding hydrogens is 805 g/mol. The number of carbonyl (C=O) groups is 4. The van der Waals surface area contributed by atoms with Gasteiger partial charge in [0.25, 0.3) is 11.8 Å². The number of halogens is 4. The third-order valence-electron chi connectivity index (χ3n) is 8.69. The highest BCUT2D eigenvalue weighted by Crippen LogP contribution is 2.32. The monoisotopic (exact) mass is 838 g/mol. The summed E-state index contributed by atoms with van der Waals surface area (Å²) in [6.45, 7) is 4.22. The highest BCUT2D eigenvalue weighted by molar-refractivity contribution is 6.03. The number of hydrogen-bond donors (Lipinski definition) is 5. The van der Waals surface area contributed by atoms with Crippen LogP contribution in [0.1, 0.15) is 57.3 Å². The van der Waals surface area contributed by atoms with Crippen molar-refractivity contribution in [2.24, 2.45) is 0 Å². The van der Waals surface area contributed by atoms with Crippen molar-refractivity contribution in [2.45, 2.75) is 39.8 Å². The fourth-order valence-electron chi connectivity index (χ4n) is 5.93. The molecule has 6 aromatic rings. The molecule has 0 fully saturated rings. The smallest absolute Gasteiger partial charge is 0.311 e. The van der Waals surface area contributed by atoms with Gasteiger partial charge in [-0.2, -0.15) is 0 Å². The van der Waals surface area contributed by atoms with Gasteiger partial charge in [-0.1, -0.05) is 26.0 Å². The fourth-order valence-corrected chi connectivity index (χ4v) is 5.93. The van der Waals surface area contributed by atoms with Crippen molar-refractivity contribution in [3.05, 3.63) is 130 Å². The van der Waals surface area contributed by atoms with Crippen molar-refractivity contribution < 1.29 is 46.6 Å². The van der Waals surface area contributed by atoms with Crippen LogP contribution >= 0.6 is 0 Å². The van der Waals surface area contributed by atoms with Gasteiger partial charge in [-0.25, -0.2) is 37.5 Å². The molecule has 312 valence electrons. The van der Waals surface area contributed by atoms with E-state index in [2.05, 4.69) is 55.9 Å². The van der Waals surface area contributed by atoms with Gasteiger partial charge in [0.1, 0.15) is 46.0 Å². The maximum absolute atomic E-state index is 14.2. The number of nitrogens with zero attached hydrogens (tertiary/aromatic N) is 6. The predicted octanol–water partition coefficient (Wildman–Crippen LogP) is 5.98. The molecule has 2 amide bonds. The number of rotatable bonds is 10. The number of pyridine rings is 2. The molecule has 16 nitrogen and oxygen atoms in total. The first-order valence-electron chi connectivity index (χ1n) is 18.4. The van der Waals surface area contributed by atoms with Crippen LogP contribution < -0.4 is 21.3 Å². The maximum atomic E-state index is 14.2. The first-order valence-corrected chi connectivity index (χ1v) is 18.4. The van der Waals surface area contributed by atoms with E-state index in [0.29, 0.717) is 34.2 Å². The molecule has 61 heavy (non-hydrogen) atoms. The number of methoxy groups -OCH3 is 1. The molecule has 5 N–H and O–H groups in total. The van der Waals surface area contributed by atoms with E-state index in [0.717, 1.165) is 24.3 Å². The van der Waals surface area contributed by atoms with Crippen LogP contribution in [0, 0.1) is 23.3 Å². The molecule has 0 bridgehead atoms. The van der Waals surface area contributed by atoms with Crippen LogP contribution in [0.25, 0.3) is 22.8 Å². The number of nitrogens with one attached hydrogen (secondary N) is 4. The van der Waals surface area contributed by atoms with E-state index >= 15 is 0 Å². The predicted molar refractivity (Wildman–Crippen MR) is 211 cm³/mol. The number of carboxylic acid groups (broad SMARTS) is 1. The summed E-state index contributed by atoms with van der Waals surface area (Å²) in [5.74, 6) is -5.76. The van der Waals surface area contributed by atoms with E-state index in [1.54, 1.807) is 18.2 Å². The largest absolute Gasteiger partial charge is 0.481 e. The van der Waals surface area contributed by atoms with E-state index < -0.39 is 52.6 Å². The van der Waals surface area contributed by atoms with Gasteiger partial charge in [0.15, 0.2) is 11.6 Å². The van der Waals surface area contributed by atoms with E-state index in [-0.39, 0.29) is 65.9 Å². The minimum atomic E-state index is -1.01. The molecule has 0 atom stereocenters. The highest BCUT2D eigenvalue weighted by atomic mass is 19.1. The normalized spacial score (nSPS) is 12.0. The molecule has 0 radical (unpaired) electrons. The van der Waals surface area contributed by atoms with Gasteiger partial charge in [0, 0.05) is 0 Å². The Morgan fingerprint density at radius 1 is 0.639 bits per heavy atom. The lowest BCUT2D eigenvalue weighted by atomic mass is 10.1. The molecule has 2 aromatic carbocycles. The van der Waals surface area contributed by atoms with Crippen LogP contribution in [-0.4, -0.2) is 65.9 Å². The number of carbonyl (C=O) groups excluding carboxylic acids is 3. The van der Waals surface area contributed by atoms with Crippen LogP contribution in [0.15, 0.2) is 73.1 Å². The van der Waals surface area contributed by atoms with Crippen molar-refractivity contribution >= 4 is 46.8 Å². The van der Waals surface area contributed by atoms with E-state index in [4.69, 9.17) is 5.11 Å². The Hall–Kier alpha value is -7.90. The summed E-state index contributed by atoms with van der Waals surface area (Å²) < 4.78 is 61.4. The first kappa shape index (κ1) is 42.7. The minimum Gasteiger partial charge on any atom is -0.481 e. The van der Waals surface area contributed by atoms with Crippen LogP contribution in [0.5, 0.6) is 0 Å². The van der Waals surface area contributed by atoms with Crippen molar-refractivity contribution in [1.29, 1.82) is 0 Å². The summed E-state index contributed by atoms with van der Waals surface area (Å²) in [6, 6.07) is 13.2. The summed E-state index contributed by atoms with van der Waals surface area (Å²) in [7, 11) is 1.29. The number of anilines is 4. The minimum absolute atomic E-state index is 0.0127. The van der Waals surface area contributed by atoms with Crippen molar-refractivity contribution in [2.75, 3.05) is 17.7 Å². The number of benzene rings is 2. The van der Waals surface area contributed by atoms with Crippen molar-refractivity contribution in [3.63, 3.8) is 0 Å². The molecule has 2 aliphatic heterocycles. The third-order valence-corrected chi connectivity index (χ3v) is 8.69. The van der Waals surface area contributed by atoms with Gasteiger partial charge >= 0.3 is 11.9 Å². The summed E-state index contributed by atoms with van der Waals surface area (Å²) in [4.78, 5) is 71.4. The Bertz CT molecular complexity index is 2610. The Morgan fingerprint density at radius 3 is 1.41 bits per heavy atom. The van der Waals surface area contributed by atoms with E-state index in [9.17, 15) is 36.7 Å². The molecule has 0 saturated heterocycles. The zero-order valence-electron chi connectivity index (χ0n) is 32.4. The second-order valence-corrected chi connectivity index (χ2v) is 12.6. The van der Waals surface area contributed by atoms with E-state index in [1.165, 1.54) is 37.7 Å². The van der Waals surface area contributed by atoms with Gasteiger partial charge < -0.3 is 31.1 Å². The lowest BCUT2D eigenvalue weighted by Crippen LogP contribution is -2.14. The number of hydrogen-bond acceptors (Lipinski definition) is 13. The third kappa shape index (κ3) is 9.70. The van der Waals surface area contributed by atoms with Crippen LogP contribution in [0.4, 0.5) is 40.6 Å². The first-order chi connectivity index (χ1) is 29.4. The molecule has 6 heterocycles. The summed E-state index contributed by atoms with van der Waals surface area (Å²) in [5.41, 5.74) is 1.93. The topological polar surface area (TPSA) is 223 Å². The van der Waals surface area contributed by atoms with Crippen LogP contribution in [0.2, 0.25) is 0 Å². The lowest BCUT2D eigenvalue weighted by molar-refractivity contribution is -0.140.